The monoisotopic (exact) mass is 365 g/mol. The number of amides is 1. The molecule has 0 unspecified atom stereocenters. The molecule has 4 rings (SSSR count). The third kappa shape index (κ3) is 3.58. The first-order valence-corrected chi connectivity index (χ1v) is 9.41. The van der Waals surface area contributed by atoms with Crippen molar-refractivity contribution in [1.82, 2.24) is 15.3 Å². The van der Waals surface area contributed by atoms with Crippen molar-refractivity contribution >= 4 is 28.6 Å². The molecule has 0 atom stereocenters. The number of benzene rings is 1. The molecule has 1 aliphatic rings. The number of rotatable bonds is 4. The second-order valence-corrected chi connectivity index (χ2v) is 6.85. The molecule has 0 aliphatic carbocycles. The summed E-state index contributed by atoms with van der Waals surface area (Å²) in [5, 5.41) is 8.93. The number of anilines is 2. The van der Waals surface area contributed by atoms with Crippen molar-refractivity contribution < 1.29 is 4.79 Å². The highest BCUT2D eigenvalue weighted by Crippen LogP contribution is 2.27. The van der Waals surface area contributed by atoms with Gasteiger partial charge in [-0.2, -0.15) is 0 Å². The van der Waals surface area contributed by atoms with Crippen molar-refractivity contribution in [3.05, 3.63) is 59.9 Å². The summed E-state index contributed by atoms with van der Waals surface area (Å²) in [5.74, 6) is -0.215. The molecule has 1 aliphatic heterocycles. The first kappa shape index (κ1) is 16.7. The minimum atomic E-state index is -0.215. The van der Waals surface area contributed by atoms with Crippen LogP contribution in [-0.4, -0.2) is 42.1 Å². The normalized spacial score (nSPS) is 14.2. The number of nitrogens with one attached hydrogen (secondary N) is 2. The molecule has 1 amide bonds. The highest BCUT2D eigenvalue weighted by Gasteiger charge is 2.17. The van der Waals surface area contributed by atoms with Crippen LogP contribution in [0.1, 0.15) is 10.5 Å². The lowest BCUT2D eigenvalue weighted by molar-refractivity contribution is 0.102. The number of hydrogen-bond acceptors (Lipinski definition) is 6. The summed E-state index contributed by atoms with van der Waals surface area (Å²) in [6.07, 6.45) is 3.45. The summed E-state index contributed by atoms with van der Waals surface area (Å²) in [5.41, 5.74) is 3.14. The maximum atomic E-state index is 12.7. The Morgan fingerprint density at radius 1 is 1.15 bits per heavy atom. The molecule has 7 heteroatoms. The van der Waals surface area contributed by atoms with Gasteiger partial charge in [-0.3, -0.25) is 9.78 Å². The van der Waals surface area contributed by atoms with Crippen molar-refractivity contribution in [2.45, 2.75) is 0 Å². The van der Waals surface area contributed by atoms with Gasteiger partial charge in [0.25, 0.3) is 5.91 Å². The quantitative estimate of drug-likeness (QED) is 0.744. The Balaban J connectivity index is 1.53. The van der Waals surface area contributed by atoms with Gasteiger partial charge >= 0.3 is 0 Å². The van der Waals surface area contributed by atoms with E-state index >= 15 is 0 Å². The largest absolute Gasteiger partial charge is 0.367 e. The molecule has 3 heterocycles. The lowest BCUT2D eigenvalue weighted by Crippen LogP contribution is -2.43. The summed E-state index contributed by atoms with van der Waals surface area (Å²) in [7, 11) is 0. The van der Waals surface area contributed by atoms with Gasteiger partial charge in [0.05, 0.1) is 17.6 Å². The molecular formula is C19H19N5OS. The van der Waals surface area contributed by atoms with Crippen molar-refractivity contribution in [2.75, 3.05) is 36.4 Å². The Morgan fingerprint density at radius 3 is 2.77 bits per heavy atom. The molecule has 132 valence electrons. The molecule has 1 fully saturated rings. The molecule has 2 N–H and O–H groups in total. The van der Waals surface area contributed by atoms with E-state index in [9.17, 15) is 4.79 Å². The van der Waals surface area contributed by atoms with Crippen LogP contribution in [0, 0.1) is 0 Å². The summed E-state index contributed by atoms with van der Waals surface area (Å²) < 4.78 is 0. The maximum Gasteiger partial charge on any atom is 0.275 e. The molecule has 3 aromatic rings. The molecule has 6 nitrogen and oxygen atoms in total. The van der Waals surface area contributed by atoms with Crippen LogP contribution in [-0.2, 0) is 0 Å². The Labute approximate surface area is 155 Å². The van der Waals surface area contributed by atoms with Gasteiger partial charge in [0, 0.05) is 43.3 Å². The number of piperazine rings is 1. The zero-order valence-corrected chi connectivity index (χ0v) is 15.0. The highest BCUT2D eigenvalue weighted by molar-refractivity contribution is 7.13. The molecule has 1 saturated heterocycles. The highest BCUT2D eigenvalue weighted by atomic mass is 32.1. The average Bonchev–Trinajstić information content (AvgIpc) is 3.20. The zero-order chi connectivity index (χ0) is 17.8. The van der Waals surface area contributed by atoms with Crippen LogP contribution in [0.5, 0.6) is 0 Å². The third-order valence-corrected chi connectivity index (χ3v) is 5.15. The Hall–Kier alpha value is -2.77. The predicted molar refractivity (Wildman–Crippen MR) is 105 cm³/mol. The second kappa shape index (κ2) is 7.63. The molecule has 0 radical (unpaired) electrons. The molecule has 1 aromatic carbocycles. The van der Waals surface area contributed by atoms with E-state index in [0.717, 1.165) is 42.4 Å². The summed E-state index contributed by atoms with van der Waals surface area (Å²) in [4.78, 5) is 23.6. The second-order valence-electron chi connectivity index (χ2n) is 5.99. The van der Waals surface area contributed by atoms with Crippen LogP contribution < -0.4 is 15.5 Å². The maximum absolute atomic E-state index is 12.7. The topological polar surface area (TPSA) is 70.2 Å². The number of aromatic nitrogens is 2. The predicted octanol–water partition coefficient (Wildman–Crippen LogP) is 2.87. The molecule has 26 heavy (non-hydrogen) atoms. The summed E-state index contributed by atoms with van der Waals surface area (Å²) >= 11 is 1.47. The first-order chi connectivity index (χ1) is 12.8. The molecule has 0 spiro atoms. The zero-order valence-electron chi connectivity index (χ0n) is 14.2. The van der Waals surface area contributed by atoms with Crippen molar-refractivity contribution in [3.8, 4) is 10.6 Å². The minimum absolute atomic E-state index is 0.215. The van der Waals surface area contributed by atoms with E-state index in [2.05, 4.69) is 25.5 Å². The summed E-state index contributed by atoms with van der Waals surface area (Å²) in [6, 6.07) is 11.8. The van der Waals surface area contributed by atoms with Crippen LogP contribution in [0.15, 0.2) is 54.2 Å². The van der Waals surface area contributed by atoms with Gasteiger partial charge in [-0.15, -0.1) is 11.3 Å². The number of carbonyl (C=O) groups is 1. The first-order valence-electron chi connectivity index (χ1n) is 8.53. The van der Waals surface area contributed by atoms with E-state index < -0.39 is 0 Å². The third-order valence-electron chi connectivity index (χ3n) is 4.26. The molecular weight excluding hydrogens is 346 g/mol. The average molecular weight is 365 g/mol. The van der Waals surface area contributed by atoms with Crippen molar-refractivity contribution in [2.24, 2.45) is 0 Å². The number of carbonyl (C=O) groups excluding carboxylic acids is 1. The van der Waals surface area contributed by atoms with Crippen LogP contribution >= 0.6 is 11.3 Å². The lowest BCUT2D eigenvalue weighted by atomic mass is 10.2. The lowest BCUT2D eigenvalue weighted by Gasteiger charge is -2.30. The fraction of sp³-hybridized carbons (Fsp3) is 0.211. The summed E-state index contributed by atoms with van der Waals surface area (Å²) in [6.45, 7) is 3.67. The Morgan fingerprint density at radius 2 is 1.96 bits per heavy atom. The molecule has 2 aromatic heterocycles. The van der Waals surface area contributed by atoms with Crippen molar-refractivity contribution in [1.29, 1.82) is 0 Å². The van der Waals surface area contributed by atoms with Crippen molar-refractivity contribution in [3.63, 3.8) is 0 Å². The standard InChI is InChI=1S/C19H19N5OS/c25-18(16-13-26-19(23-16)14-4-2-1-3-5-14)22-15-12-21-7-6-17(15)24-10-8-20-9-11-24/h1-7,12-13,20H,8-11H2,(H,22,25). The number of pyridine rings is 1. The fourth-order valence-electron chi connectivity index (χ4n) is 2.94. The van der Waals surface area contributed by atoms with E-state index in [0.29, 0.717) is 11.4 Å². The van der Waals surface area contributed by atoms with Gasteiger partial charge in [-0.25, -0.2) is 4.98 Å². The fourth-order valence-corrected chi connectivity index (χ4v) is 3.75. The number of thiazole rings is 1. The van der Waals surface area contributed by atoms with Gasteiger partial charge in [0.15, 0.2) is 0 Å². The smallest absolute Gasteiger partial charge is 0.275 e. The Kier molecular flexibility index (Phi) is 4.90. The van der Waals surface area contributed by atoms with Gasteiger partial charge in [0.1, 0.15) is 10.7 Å². The van der Waals surface area contributed by atoms with Crippen LogP contribution in [0.3, 0.4) is 0 Å². The number of hydrogen-bond donors (Lipinski definition) is 2. The van der Waals surface area contributed by atoms with E-state index in [1.807, 2.05) is 36.4 Å². The minimum Gasteiger partial charge on any atom is -0.367 e. The Bertz CT molecular complexity index is 890. The van der Waals surface area contributed by atoms with Gasteiger partial charge in [-0.1, -0.05) is 30.3 Å². The number of nitrogens with zero attached hydrogens (tertiary/aromatic N) is 3. The van der Waals surface area contributed by atoms with Gasteiger partial charge < -0.3 is 15.5 Å². The van der Waals surface area contributed by atoms with Gasteiger partial charge in [0.2, 0.25) is 0 Å². The molecule has 0 saturated carbocycles. The van der Waals surface area contributed by atoms with Crippen LogP contribution in [0.25, 0.3) is 10.6 Å². The van der Waals surface area contributed by atoms with E-state index in [1.54, 1.807) is 17.8 Å². The van der Waals surface area contributed by atoms with E-state index in [-0.39, 0.29) is 5.91 Å². The van der Waals surface area contributed by atoms with Gasteiger partial charge in [-0.05, 0) is 6.07 Å². The van der Waals surface area contributed by atoms with Crippen LogP contribution in [0.2, 0.25) is 0 Å². The van der Waals surface area contributed by atoms with E-state index in [4.69, 9.17) is 0 Å². The van der Waals surface area contributed by atoms with Crippen LogP contribution in [0.4, 0.5) is 11.4 Å². The molecule has 0 bridgehead atoms. The SMILES string of the molecule is O=C(Nc1cnccc1N1CCNCC1)c1csc(-c2ccccc2)n1. The van der Waals surface area contributed by atoms with E-state index in [1.165, 1.54) is 11.3 Å².